The molecule has 2 aromatic heterocycles. The summed E-state index contributed by atoms with van der Waals surface area (Å²) >= 11 is 7.96. The van der Waals surface area contributed by atoms with Crippen LogP contribution >= 0.6 is 22.9 Å². The molecule has 1 aliphatic heterocycles. The average molecular weight is 764 g/mol. The van der Waals surface area contributed by atoms with Gasteiger partial charge in [0, 0.05) is 62.2 Å². The molecule has 2 amide bonds. The Morgan fingerprint density at radius 2 is 1.89 bits per heavy atom. The highest BCUT2D eigenvalue weighted by Gasteiger charge is 2.24. The van der Waals surface area contributed by atoms with Crippen molar-refractivity contribution in [3.8, 4) is 21.9 Å². The number of aromatic nitrogens is 1. The summed E-state index contributed by atoms with van der Waals surface area (Å²) in [7, 11) is 1.51. The van der Waals surface area contributed by atoms with Crippen LogP contribution in [0.3, 0.4) is 0 Å². The number of fused-ring (bicyclic) bond motifs is 1. The van der Waals surface area contributed by atoms with E-state index in [0.29, 0.717) is 83.2 Å². The lowest BCUT2D eigenvalue weighted by Crippen LogP contribution is -2.39. The van der Waals surface area contributed by atoms with E-state index in [0.717, 1.165) is 4.88 Å². The highest BCUT2D eigenvalue weighted by Crippen LogP contribution is 2.35. The van der Waals surface area contributed by atoms with Gasteiger partial charge in [0.2, 0.25) is 11.5 Å². The van der Waals surface area contributed by atoms with Crippen LogP contribution in [0.4, 0.5) is 20.6 Å². The molecule has 0 saturated carbocycles. The Kier molecular flexibility index (Phi) is 12.3. The second-order valence-corrected chi connectivity index (χ2v) is 13.9. The number of halogens is 2. The van der Waals surface area contributed by atoms with Crippen LogP contribution in [0.25, 0.3) is 21.3 Å². The summed E-state index contributed by atoms with van der Waals surface area (Å²) in [5.74, 6) is -0.157. The van der Waals surface area contributed by atoms with E-state index in [1.807, 2.05) is 5.38 Å². The van der Waals surface area contributed by atoms with Gasteiger partial charge in [-0.15, -0.1) is 11.3 Å². The number of aliphatic hydroxyl groups excluding tert-OH is 1. The molecule has 12 nitrogen and oxygen atoms in total. The fourth-order valence-electron chi connectivity index (χ4n) is 6.30. The van der Waals surface area contributed by atoms with E-state index in [1.54, 1.807) is 42.5 Å². The first-order valence-corrected chi connectivity index (χ1v) is 18.3. The molecule has 1 atom stereocenters. The fraction of sp³-hybridized carbons (Fsp3) is 0.289. The lowest BCUT2D eigenvalue weighted by atomic mass is 10.0. The van der Waals surface area contributed by atoms with Crippen molar-refractivity contribution in [2.24, 2.45) is 0 Å². The highest BCUT2D eigenvalue weighted by molar-refractivity contribution is 7.14. The number of likely N-dealkylation sites (tertiary alicyclic amines) is 1. The van der Waals surface area contributed by atoms with Gasteiger partial charge in [0.05, 0.1) is 40.0 Å². The maximum Gasteiger partial charge on any atom is 0.411 e. The third-order valence-electron chi connectivity index (χ3n) is 9.02. The zero-order valence-electron chi connectivity index (χ0n) is 28.8. The number of pyridine rings is 1. The number of thiophene rings is 1. The third kappa shape index (κ3) is 9.52. The molecule has 5 aromatic rings. The number of carbonyl (C=O) groups is 2. The van der Waals surface area contributed by atoms with Crippen LogP contribution in [-0.4, -0.2) is 71.5 Å². The van der Waals surface area contributed by atoms with Crippen molar-refractivity contribution in [2.75, 3.05) is 43.9 Å². The molecule has 278 valence electrons. The van der Waals surface area contributed by atoms with Gasteiger partial charge in [0.25, 0.3) is 0 Å². The number of ether oxygens (including phenoxy) is 2. The van der Waals surface area contributed by atoms with Gasteiger partial charge in [0.15, 0.2) is 0 Å². The molecule has 0 bridgehead atoms. The Bertz CT molecular complexity index is 2150. The minimum absolute atomic E-state index is 0.0864. The van der Waals surface area contributed by atoms with E-state index in [1.165, 1.54) is 42.7 Å². The minimum atomic E-state index is -0.943. The van der Waals surface area contributed by atoms with Crippen LogP contribution in [0.1, 0.15) is 36.5 Å². The second kappa shape index (κ2) is 17.2. The number of H-pyrrole nitrogens is 1. The first-order valence-electron chi connectivity index (χ1n) is 17.0. The Morgan fingerprint density at radius 3 is 2.66 bits per heavy atom. The van der Waals surface area contributed by atoms with Crippen molar-refractivity contribution in [1.29, 1.82) is 0 Å². The van der Waals surface area contributed by atoms with E-state index in [-0.39, 0.29) is 47.6 Å². The quantitative estimate of drug-likeness (QED) is 0.0773. The smallest absolute Gasteiger partial charge is 0.411 e. The van der Waals surface area contributed by atoms with Crippen LogP contribution in [0.15, 0.2) is 76.9 Å². The number of piperidine rings is 1. The van der Waals surface area contributed by atoms with Crippen molar-refractivity contribution in [1.82, 2.24) is 15.2 Å². The SMILES string of the molecule is COc1cc(NC(=O)CCN2CCC(OC(=O)Nc3ccsc3-c3cccc(F)c3)CC2)c(Cl)cc1CNCC(O)c1ccc(O)c2[nH]c(=O)ccc12. The summed E-state index contributed by atoms with van der Waals surface area (Å²) in [4.78, 5) is 42.8. The number of methoxy groups -OCH3 is 1. The largest absolute Gasteiger partial charge is 0.506 e. The summed E-state index contributed by atoms with van der Waals surface area (Å²) in [6.07, 6.45) is -0.297. The van der Waals surface area contributed by atoms with Gasteiger partial charge >= 0.3 is 6.09 Å². The standard InChI is InChI=1S/C38H39ClFN5O7S/c1-51-33-19-30(28(39)18-23(33)20-41-21-32(47)26-5-7-31(46)36-27(26)6-8-34(48)44-36)42-35(49)11-15-45-13-9-25(10-14-45)52-38(50)43-29-12-16-53-37(29)22-3-2-4-24(40)17-22/h2-8,12,16-19,25,32,41,46-47H,9-11,13-15,20-21H2,1H3,(H,42,49)(H,43,50)(H,44,48). The first kappa shape index (κ1) is 37.8. The number of amides is 2. The number of rotatable bonds is 13. The predicted molar refractivity (Wildman–Crippen MR) is 203 cm³/mol. The van der Waals surface area contributed by atoms with Crippen LogP contribution in [-0.2, 0) is 16.1 Å². The summed E-state index contributed by atoms with van der Waals surface area (Å²) in [5.41, 5.74) is 2.80. The normalized spacial score (nSPS) is 14.2. The molecule has 1 fully saturated rings. The number of aromatic amines is 1. The van der Waals surface area contributed by atoms with Crippen LogP contribution < -0.4 is 26.2 Å². The van der Waals surface area contributed by atoms with Crippen LogP contribution in [0.2, 0.25) is 5.02 Å². The molecule has 6 rings (SSSR count). The molecule has 15 heteroatoms. The monoisotopic (exact) mass is 763 g/mol. The van der Waals surface area contributed by atoms with Gasteiger partial charge in [-0.05, 0) is 65.7 Å². The van der Waals surface area contributed by atoms with Crippen molar-refractivity contribution in [2.45, 2.75) is 38.0 Å². The molecule has 0 radical (unpaired) electrons. The summed E-state index contributed by atoms with van der Waals surface area (Å²) in [6.45, 7) is 2.29. The predicted octanol–water partition coefficient (Wildman–Crippen LogP) is 6.63. The molecule has 6 N–H and O–H groups in total. The highest BCUT2D eigenvalue weighted by atomic mass is 35.5. The van der Waals surface area contributed by atoms with E-state index < -0.39 is 12.2 Å². The summed E-state index contributed by atoms with van der Waals surface area (Å²) in [5, 5.41) is 32.5. The molecule has 1 unspecified atom stereocenters. The van der Waals surface area contributed by atoms with Crippen molar-refractivity contribution >= 4 is 57.2 Å². The van der Waals surface area contributed by atoms with Gasteiger partial charge in [-0.2, -0.15) is 0 Å². The number of benzene rings is 3. The lowest BCUT2D eigenvalue weighted by molar-refractivity contribution is -0.116. The molecule has 1 saturated heterocycles. The van der Waals surface area contributed by atoms with Crippen LogP contribution in [0, 0.1) is 5.82 Å². The topological polar surface area (TPSA) is 165 Å². The Balaban J connectivity index is 0.939. The van der Waals surface area contributed by atoms with Gasteiger partial charge in [0.1, 0.15) is 23.4 Å². The number of hydrogen-bond acceptors (Lipinski definition) is 10. The summed E-state index contributed by atoms with van der Waals surface area (Å²) < 4.78 is 25.0. The van der Waals surface area contributed by atoms with Gasteiger partial charge in [-0.25, -0.2) is 9.18 Å². The van der Waals surface area contributed by atoms with Gasteiger partial charge < -0.3 is 40.2 Å². The van der Waals surface area contributed by atoms with E-state index in [2.05, 4.69) is 25.8 Å². The molecule has 0 aliphatic carbocycles. The van der Waals surface area contributed by atoms with Gasteiger partial charge in [-0.1, -0.05) is 29.8 Å². The number of phenols is 1. The number of aliphatic hydroxyl groups is 1. The zero-order chi connectivity index (χ0) is 37.5. The lowest BCUT2D eigenvalue weighted by Gasteiger charge is -2.31. The van der Waals surface area contributed by atoms with E-state index >= 15 is 0 Å². The Hall–Kier alpha value is -4.99. The van der Waals surface area contributed by atoms with E-state index in [4.69, 9.17) is 21.1 Å². The molecule has 53 heavy (non-hydrogen) atoms. The van der Waals surface area contributed by atoms with Crippen molar-refractivity contribution in [3.05, 3.63) is 104 Å². The molecular weight excluding hydrogens is 725 g/mol. The zero-order valence-corrected chi connectivity index (χ0v) is 30.4. The number of nitrogens with one attached hydrogen (secondary N) is 4. The third-order valence-corrected chi connectivity index (χ3v) is 10.3. The number of hydrogen-bond donors (Lipinski definition) is 6. The van der Waals surface area contributed by atoms with Crippen LogP contribution in [0.5, 0.6) is 11.5 Å². The van der Waals surface area contributed by atoms with Crippen molar-refractivity contribution < 1.29 is 33.7 Å². The number of nitrogens with zero attached hydrogens (tertiary/aromatic N) is 1. The van der Waals surface area contributed by atoms with Crippen molar-refractivity contribution in [3.63, 3.8) is 0 Å². The molecule has 3 heterocycles. The number of anilines is 2. The number of carbonyl (C=O) groups excluding carboxylic acids is 2. The minimum Gasteiger partial charge on any atom is -0.506 e. The first-order chi connectivity index (χ1) is 25.6. The number of aromatic hydroxyl groups is 1. The van der Waals surface area contributed by atoms with E-state index in [9.17, 15) is 29.0 Å². The fourth-order valence-corrected chi connectivity index (χ4v) is 7.38. The average Bonchev–Trinajstić information content (AvgIpc) is 3.60. The maximum atomic E-state index is 13.7. The maximum absolute atomic E-state index is 13.7. The Labute approximate surface area is 313 Å². The molecule has 1 aliphatic rings. The van der Waals surface area contributed by atoms with Gasteiger partial charge in [-0.3, -0.25) is 14.9 Å². The molecular formula is C38H39ClFN5O7S. The molecule has 0 spiro atoms. The number of phenolic OH excluding ortho intramolecular Hbond substituents is 1. The Morgan fingerprint density at radius 1 is 1.08 bits per heavy atom. The summed E-state index contributed by atoms with van der Waals surface area (Å²) in [6, 6.07) is 17.2. The molecule has 3 aromatic carbocycles. The second-order valence-electron chi connectivity index (χ2n) is 12.6.